The van der Waals surface area contributed by atoms with E-state index in [1.165, 1.54) is 11.3 Å². The van der Waals surface area contributed by atoms with Crippen LogP contribution in [-0.2, 0) is 4.74 Å². The van der Waals surface area contributed by atoms with Gasteiger partial charge in [0.1, 0.15) is 16.0 Å². The number of aromatic nitrogens is 2. The number of rotatable bonds is 2. The van der Waals surface area contributed by atoms with Crippen molar-refractivity contribution in [1.29, 1.82) is 0 Å². The van der Waals surface area contributed by atoms with E-state index in [0.717, 1.165) is 10.2 Å². The summed E-state index contributed by atoms with van der Waals surface area (Å²) in [4.78, 5) is 30.1. The summed E-state index contributed by atoms with van der Waals surface area (Å²) in [7, 11) is 0. The highest BCUT2D eigenvalue weighted by molar-refractivity contribution is 7.24. The van der Waals surface area contributed by atoms with Crippen molar-refractivity contribution >= 4 is 43.4 Å². The highest BCUT2D eigenvalue weighted by atomic mass is 32.1. The molecule has 0 fully saturated rings. The number of carbonyl (C=O) groups excluding carboxylic acids is 1. The van der Waals surface area contributed by atoms with Gasteiger partial charge in [-0.25, -0.2) is 9.78 Å². The van der Waals surface area contributed by atoms with E-state index in [0.29, 0.717) is 15.9 Å². The number of hydrogen-bond acceptors (Lipinski definition) is 5. The lowest BCUT2D eigenvalue weighted by molar-refractivity contribution is 0.0527. The fourth-order valence-corrected chi connectivity index (χ4v) is 3.90. The molecule has 0 spiro atoms. The number of pyridine rings is 2. The third-order valence-electron chi connectivity index (χ3n) is 3.68. The van der Waals surface area contributed by atoms with E-state index in [4.69, 9.17) is 4.74 Å². The minimum Gasteiger partial charge on any atom is -0.462 e. The summed E-state index contributed by atoms with van der Waals surface area (Å²) in [5.74, 6) is -0.590. The Morgan fingerprint density at radius 2 is 2.09 bits per heavy atom. The molecule has 0 atom stereocenters. The third kappa shape index (κ3) is 1.95. The number of hydrogen-bond donors (Lipinski definition) is 0. The predicted molar refractivity (Wildman–Crippen MR) is 90.3 cm³/mol. The lowest BCUT2D eigenvalue weighted by Crippen LogP contribution is -2.20. The van der Waals surface area contributed by atoms with Crippen LogP contribution in [0, 0.1) is 0 Å². The first-order valence-corrected chi connectivity index (χ1v) is 8.02. The van der Waals surface area contributed by atoms with Crippen molar-refractivity contribution in [3.63, 3.8) is 0 Å². The van der Waals surface area contributed by atoms with Crippen LogP contribution in [0.3, 0.4) is 0 Å². The summed E-state index contributed by atoms with van der Waals surface area (Å²) in [6, 6.07) is 11.1. The highest BCUT2D eigenvalue weighted by Gasteiger charge is 2.22. The number of ether oxygens (including phenoxy) is 1. The Labute approximate surface area is 134 Å². The lowest BCUT2D eigenvalue weighted by Gasteiger charge is -2.07. The number of benzene rings is 1. The Kier molecular flexibility index (Phi) is 3.12. The van der Waals surface area contributed by atoms with Gasteiger partial charge in [-0.05, 0) is 31.2 Å². The van der Waals surface area contributed by atoms with Crippen LogP contribution in [-0.4, -0.2) is 22.0 Å². The van der Waals surface area contributed by atoms with Crippen LogP contribution in [0.25, 0.3) is 26.1 Å². The van der Waals surface area contributed by atoms with Gasteiger partial charge in [-0.3, -0.25) is 9.20 Å². The monoisotopic (exact) mass is 324 g/mol. The Balaban J connectivity index is 2.29. The summed E-state index contributed by atoms with van der Waals surface area (Å²) in [5, 5.41) is 0.414. The Morgan fingerprint density at radius 3 is 2.91 bits per heavy atom. The average Bonchev–Trinajstić information content (AvgIpc) is 2.94. The van der Waals surface area contributed by atoms with Crippen molar-refractivity contribution in [2.45, 2.75) is 6.92 Å². The minimum atomic E-state index is -0.590. The first kappa shape index (κ1) is 13.9. The molecule has 0 saturated carbocycles. The van der Waals surface area contributed by atoms with Crippen LogP contribution in [0.1, 0.15) is 17.3 Å². The second kappa shape index (κ2) is 5.17. The molecule has 4 aromatic rings. The molecule has 0 radical (unpaired) electrons. The molecule has 0 aliphatic carbocycles. The van der Waals surface area contributed by atoms with Gasteiger partial charge in [0.25, 0.3) is 0 Å². The SMILES string of the molecule is CCOC(=O)c1c(=O)c2cccnc2n2c1sc1ccccc12. The van der Waals surface area contributed by atoms with Gasteiger partial charge >= 0.3 is 5.97 Å². The first-order valence-electron chi connectivity index (χ1n) is 7.20. The fraction of sp³-hybridized carbons (Fsp3) is 0.118. The molecule has 0 bridgehead atoms. The van der Waals surface area contributed by atoms with E-state index in [9.17, 15) is 9.59 Å². The zero-order valence-electron chi connectivity index (χ0n) is 12.3. The van der Waals surface area contributed by atoms with Gasteiger partial charge in [0.2, 0.25) is 5.43 Å². The van der Waals surface area contributed by atoms with E-state index in [1.807, 2.05) is 28.7 Å². The Bertz CT molecular complexity index is 1130. The summed E-state index contributed by atoms with van der Waals surface area (Å²) in [5.41, 5.74) is 1.21. The summed E-state index contributed by atoms with van der Waals surface area (Å²) >= 11 is 1.39. The average molecular weight is 324 g/mol. The van der Waals surface area contributed by atoms with Gasteiger partial charge in [-0.1, -0.05) is 12.1 Å². The van der Waals surface area contributed by atoms with Crippen molar-refractivity contribution in [2.75, 3.05) is 6.61 Å². The summed E-state index contributed by atoms with van der Waals surface area (Å²) in [6.07, 6.45) is 1.64. The smallest absolute Gasteiger partial charge is 0.345 e. The largest absolute Gasteiger partial charge is 0.462 e. The van der Waals surface area contributed by atoms with Crippen LogP contribution in [0.4, 0.5) is 0 Å². The second-order valence-electron chi connectivity index (χ2n) is 5.01. The molecule has 0 saturated heterocycles. The summed E-state index contributed by atoms with van der Waals surface area (Å²) in [6.45, 7) is 1.95. The van der Waals surface area contributed by atoms with Gasteiger partial charge in [0, 0.05) is 6.20 Å². The van der Waals surface area contributed by atoms with Crippen molar-refractivity contribution in [1.82, 2.24) is 9.38 Å². The molecule has 3 aromatic heterocycles. The molecule has 23 heavy (non-hydrogen) atoms. The van der Waals surface area contributed by atoms with E-state index in [-0.39, 0.29) is 17.6 Å². The molecule has 6 heteroatoms. The molecular formula is C17H12N2O3S. The molecule has 0 amide bonds. The van der Waals surface area contributed by atoms with Gasteiger partial charge < -0.3 is 4.74 Å². The van der Waals surface area contributed by atoms with Gasteiger partial charge in [-0.15, -0.1) is 11.3 Å². The fourth-order valence-electron chi connectivity index (χ4n) is 2.73. The number of fused-ring (bicyclic) bond motifs is 5. The third-order valence-corrected chi connectivity index (χ3v) is 4.82. The molecule has 0 aliphatic heterocycles. The van der Waals surface area contributed by atoms with Gasteiger partial charge in [0.05, 0.1) is 22.2 Å². The maximum absolute atomic E-state index is 12.8. The van der Waals surface area contributed by atoms with Crippen LogP contribution in [0.15, 0.2) is 47.4 Å². The molecule has 114 valence electrons. The maximum Gasteiger partial charge on any atom is 0.345 e. The van der Waals surface area contributed by atoms with E-state index in [2.05, 4.69) is 4.98 Å². The minimum absolute atomic E-state index is 0.0774. The molecular weight excluding hydrogens is 312 g/mol. The molecule has 5 nitrogen and oxygen atoms in total. The molecule has 3 heterocycles. The predicted octanol–water partition coefficient (Wildman–Crippen LogP) is 3.24. The van der Waals surface area contributed by atoms with E-state index < -0.39 is 5.97 Å². The topological polar surface area (TPSA) is 60.7 Å². The number of para-hydroxylation sites is 1. The molecule has 0 aliphatic rings. The van der Waals surface area contributed by atoms with E-state index in [1.54, 1.807) is 25.3 Å². The van der Waals surface area contributed by atoms with Crippen molar-refractivity contribution in [3.05, 3.63) is 58.4 Å². The zero-order chi connectivity index (χ0) is 16.0. The second-order valence-corrected chi connectivity index (χ2v) is 6.04. The highest BCUT2D eigenvalue weighted by Crippen LogP contribution is 2.30. The normalized spacial score (nSPS) is 11.3. The number of carbonyl (C=O) groups is 1. The summed E-state index contributed by atoms with van der Waals surface area (Å²) < 4.78 is 7.94. The zero-order valence-corrected chi connectivity index (χ0v) is 13.1. The number of esters is 1. The molecule has 0 unspecified atom stereocenters. The Hall–Kier alpha value is -2.73. The number of thiazole rings is 1. The van der Waals surface area contributed by atoms with E-state index >= 15 is 0 Å². The lowest BCUT2D eigenvalue weighted by atomic mass is 10.2. The van der Waals surface area contributed by atoms with Crippen LogP contribution in [0.2, 0.25) is 0 Å². The van der Waals surface area contributed by atoms with Gasteiger partial charge in [0.15, 0.2) is 0 Å². The molecule has 1 aromatic carbocycles. The van der Waals surface area contributed by atoms with Crippen LogP contribution in [0.5, 0.6) is 0 Å². The number of nitrogens with zero attached hydrogens (tertiary/aromatic N) is 2. The maximum atomic E-state index is 12.8. The van der Waals surface area contributed by atoms with Crippen molar-refractivity contribution in [3.8, 4) is 0 Å². The standard InChI is InChI=1S/C17H12N2O3S/c1-2-22-17(21)13-14(20)10-6-5-9-18-15(10)19-11-7-3-4-8-12(11)23-16(13)19/h3-9H,2H2,1H3. The van der Waals surface area contributed by atoms with Crippen molar-refractivity contribution < 1.29 is 9.53 Å². The quantitative estimate of drug-likeness (QED) is 0.531. The van der Waals surface area contributed by atoms with Crippen LogP contribution >= 0.6 is 11.3 Å². The van der Waals surface area contributed by atoms with Gasteiger partial charge in [-0.2, -0.15) is 0 Å². The first-order chi connectivity index (χ1) is 11.2. The molecule has 4 rings (SSSR count). The Morgan fingerprint density at radius 1 is 1.26 bits per heavy atom. The molecule has 0 N–H and O–H groups in total. The van der Waals surface area contributed by atoms with Crippen LogP contribution < -0.4 is 5.43 Å². The van der Waals surface area contributed by atoms with Crippen molar-refractivity contribution in [2.24, 2.45) is 0 Å².